The molecule has 1 heterocycles. The topological polar surface area (TPSA) is 32.3 Å². The second-order valence-corrected chi connectivity index (χ2v) is 6.87. The van der Waals surface area contributed by atoms with Crippen molar-refractivity contribution in [3.8, 4) is 0 Å². The summed E-state index contributed by atoms with van der Waals surface area (Å²) in [5.74, 6) is 0. The highest BCUT2D eigenvalue weighted by Gasteiger charge is 2.15. The highest BCUT2D eigenvalue weighted by atomic mass is 32.1. The fourth-order valence-corrected chi connectivity index (χ4v) is 2.66. The van der Waals surface area contributed by atoms with Crippen molar-refractivity contribution in [1.82, 2.24) is 5.32 Å². The molecule has 0 bridgehead atoms. The second kappa shape index (κ2) is 6.53. The van der Waals surface area contributed by atoms with E-state index >= 15 is 0 Å². The van der Waals surface area contributed by atoms with Crippen molar-refractivity contribution >= 4 is 11.3 Å². The van der Waals surface area contributed by atoms with Crippen molar-refractivity contribution in [1.29, 1.82) is 0 Å². The van der Waals surface area contributed by atoms with Crippen LogP contribution in [0.2, 0.25) is 0 Å². The summed E-state index contributed by atoms with van der Waals surface area (Å²) in [5.41, 5.74) is 0.0600. The molecule has 1 atom stereocenters. The quantitative estimate of drug-likeness (QED) is 0.731. The minimum atomic E-state index is 0.0600. The molecule has 2 nitrogen and oxygen atoms in total. The summed E-state index contributed by atoms with van der Waals surface area (Å²) in [6.07, 6.45) is 2.18. The van der Waals surface area contributed by atoms with Gasteiger partial charge >= 0.3 is 0 Å². The van der Waals surface area contributed by atoms with Crippen LogP contribution in [0.4, 0.5) is 0 Å². The molecule has 0 aliphatic heterocycles. The van der Waals surface area contributed by atoms with Crippen molar-refractivity contribution in [3.63, 3.8) is 0 Å². The van der Waals surface area contributed by atoms with Gasteiger partial charge in [0.2, 0.25) is 0 Å². The van der Waals surface area contributed by atoms with E-state index in [2.05, 4.69) is 45.1 Å². The van der Waals surface area contributed by atoms with Crippen LogP contribution in [0.25, 0.3) is 0 Å². The van der Waals surface area contributed by atoms with E-state index in [0.717, 1.165) is 19.4 Å². The number of aryl methyl sites for hydroxylation is 1. The first-order valence-corrected chi connectivity index (χ1v) is 7.17. The van der Waals surface area contributed by atoms with E-state index in [1.807, 2.05) is 11.3 Å². The highest BCUT2D eigenvalue weighted by molar-refractivity contribution is 7.12. The molecule has 0 saturated carbocycles. The van der Waals surface area contributed by atoms with Crippen LogP contribution in [0, 0.1) is 12.3 Å². The van der Waals surface area contributed by atoms with Gasteiger partial charge in [0.15, 0.2) is 0 Å². The Morgan fingerprint density at radius 3 is 2.65 bits per heavy atom. The van der Waals surface area contributed by atoms with Gasteiger partial charge in [-0.2, -0.15) is 0 Å². The molecule has 0 fully saturated rings. The number of rotatable bonds is 7. The molecule has 1 unspecified atom stereocenters. The zero-order chi connectivity index (χ0) is 12.9. The Kier molecular flexibility index (Phi) is 5.63. The Morgan fingerprint density at radius 2 is 2.12 bits per heavy atom. The lowest BCUT2D eigenvalue weighted by Crippen LogP contribution is -2.22. The first-order chi connectivity index (χ1) is 7.94. The van der Waals surface area contributed by atoms with Gasteiger partial charge in [0, 0.05) is 22.4 Å². The molecule has 0 saturated heterocycles. The molecule has 0 aliphatic carbocycles. The van der Waals surface area contributed by atoms with Gasteiger partial charge in [-0.1, -0.05) is 13.8 Å². The molecule has 1 aromatic heterocycles. The Bertz CT molecular complexity index is 333. The third-order valence-corrected chi connectivity index (χ3v) is 4.28. The molecule has 2 N–H and O–H groups in total. The van der Waals surface area contributed by atoms with Crippen molar-refractivity contribution < 1.29 is 5.11 Å². The molecular formula is C14H25NOS. The van der Waals surface area contributed by atoms with Crippen LogP contribution in [0.3, 0.4) is 0 Å². The Balaban J connectivity index is 2.23. The van der Waals surface area contributed by atoms with Gasteiger partial charge in [-0.05, 0) is 50.8 Å². The minimum Gasteiger partial charge on any atom is -0.396 e. The lowest BCUT2D eigenvalue weighted by Gasteiger charge is -2.21. The molecule has 0 aliphatic rings. The maximum Gasteiger partial charge on any atom is 0.0482 e. The van der Waals surface area contributed by atoms with Gasteiger partial charge in [0.1, 0.15) is 0 Å². The Morgan fingerprint density at radius 1 is 1.41 bits per heavy atom. The van der Waals surface area contributed by atoms with E-state index in [1.54, 1.807) is 0 Å². The molecule has 17 heavy (non-hydrogen) atoms. The Labute approximate surface area is 109 Å². The summed E-state index contributed by atoms with van der Waals surface area (Å²) in [5, 5.41) is 12.7. The maximum atomic E-state index is 9.16. The van der Waals surface area contributed by atoms with E-state index in [1.165, 1.54) is 9.75 Å². The van der Waals surface area contributed by atoms with Crippen molar-refractivity contribution in [2.24, 2.45) is 5.41 Å². The van der Waals surface area contributed by atoms with E-state index < -0.39 is 0 Å². The second-order valence-electron chi connectivity index (χ2n) is 5.55. The first kappa shape index (κ1) is 14.7. The first-order valence-electron chi connectivity index (χ1n) is 6.35. The van der Waals surface area contributed by atoms with Crippen molar-refractivity contribution in [2.45, 2.75) is 46.6 Å². The lowest BCUT2D eigenvalue weighted by molar-refractivity contribution is 0.147. The average Bonchev–Trinajstić information content (AvgIpc) is 2.71. The summed E-state index contributed by atoms with van der Waals surface area (Å²) in [6.45, 7) is 9.86. The molecule has 0 radical (unpaired) electrons. The number of aliphatic hydroxyl groups excluding tert-OH is 1. The monoisotopic (exact) mass is 255 g/mol. The van der Waals surface area contributed by atoms with Crippen LogP contribution in [-0.4, -0.2) is 18.3 Å². The zero-order valence-corrected chi connectivity index (χ0v) is 12.2. The maximum absolute atomic E-state index is 9.16. The van der Waals surface area contributed by atoms with Gasteiger partial charge in [0.25, 0.3) is 0 Å². The smallest absolute Gasteiger partial charge is 0.0482 e. The van der Waals surface area contributed by atoms with Crippen LogP contribution in [-0.2, 0) is 0 Å². The van der Waals surface area contributed by atoms with Crippen LogP contribution in [0.5, 0.6) is 0 Å². The van der Waals surface area contributed by atoms with Crippen molar-refractivity contribution in [3.05, 3.63) is 21.9 Å². The molecule has 0 amide bonds. The minimum absolute atomic E-state index is 0.0600. The van der Waals surface area contributed by atoms with E-state index in [-0.39, 0.29) is 12.0 Å². The van der Waals surface area contributed by atoms with Gasteiger partial charge in [-0.3, -0.25) is 0 Å². The summed E-state index contributed by atoms with van der Waals surface area (Å²) in [6, 6.07) is 4.81. The van der Waals surface area contributed by atoms with Crippen LogP contribution < -0.4 is 5.32 Å². The van der Waals surface area contributed by atoms with Crippen LogP contribution >= 0.6 is 11.3 Å². The highest BCUT2D eigenvalue weighted by Crippen LogP contribution is 2.23. The standard InChI is InChI=1S/C14H25NOS/c1-11-6-7-13(17-11)12(2)15-9-5-8-14(3,4)10-16/h6-7,12,15-16H,5,8-10H2,1-4H3. The lowest BCUT2D eigenvalue weighted by atomic mass is 9.89. The fourth-order valence-electron chi connectivity index (χ4n) is 1.75. The molecular weight excluding hydrogens is 230 g/mol. The Hall–Kier alpha value is -0.380. The summed E-state index contributed by atoms with van der Waals surface area (Å²) >= 11 is 1.86. The number of hydrogen-bond acceptors (Lipinski definition) is 3. The van der Waals surface area contributed by atoms with Crippen molar-refractivity contribution in [2.75, 3.05) is 13.2 Å². The fraction of sp³-hybridized carbons (Fsp3) is 0.714. The molecule has 0 aromatic carbocycles. The third kappa shape index (κ3) is 5.19. The van der Waals surface area contributed by atoms with E-state index in [4.69, 9.17) is 5.11 Å². The average molecular weight is 255 g/mol. The van der Waals surface area contributed by atoms with E-state index in [0.29, 0.717) is 6.04 Å². The predicted molar refractivity (Wildman–Crippen MR) is 75.6 cm³/mol. The van der Waals surface area contributed by atoms with E-state index in [9.17, 15) is 0 Å². The van der Waals surface area contributed by atoms with Gasteiger partial charge in [-0.15, -0.1) is 11.3 Å². The molecule has 1 rings (SSSR count). The van der Waals surface area contributed by atoms with Gasteiger partial charge < -0.3 is 10.4 Å². The summed E-state index contributed by atoms with van der Waals surface area (Å²) < 4.78 is 0. The SMILES string of the molecule is Cc1ccc(C(C)NCCCC(C)(C)CO)s1. The van der Waals surface area contributed by atoms with Gasteiger partial charge in [-0.25, -0.2) is 0 Å². The normalized spacial score (nSPS) is 13.9. The number of aliphatic hydroxyl groups is 1. The van der Waals surface area contributed by atoms with Gasteiger partial charge in [0.05, 0.1) is 0 Å². The van der Waals surface area contributed by atoms with Crippen LogP contribution in [0.15, 0.2) is 12.1 Å². The molecule has 1 aromatic rings. The summed E-state index contributed by atoms with van der Waals surface area (Å²) in [7, 11) is 0. The number of nitrogens with one attached hydrogen (secondary N) is 1. The number of hydrogen-bond donors (Lipinski definition) is 2. The predicted octanol–water partition coefficient (Wildman–Crippen LogP) is 3.51. The number of thiophene rings is 1. The molecule has 0 spiro atoms. The summed E-state index contributed by atoms with van der Waals surface area (Å²) in [4.78, 5) is 2.78. The largest absolute Gasteiger partial charge is 0.396 e. The molecule has 98 valence electrons. The third-order valence-electron chi connectivity index (χ3n) is 3.10. The molecule has 3 heteroatoms. The van der Waals surface area contributed by atoms with Crippen LogP contribution in [0.1, 0.15) is 49.4 Å². The zero-order valence-electron chi connectivity index (χ0n) is 11.4.